The van der Waals surface area contributed by atoms with Crippen molar-refractivity contribution in [1.29, 1.82) is 0 Å². The normalized spacial score (nSPS) is 13.2. The van der Waals surface area contributed by atoms with E-state index in [0.29, 0.717) is 12.8 Å². The summed E-state index contributed by atoms with van der Waals surface area (Å²) in [7, 11) is 1.30. The third-order valence-corrected chi connectivity index (χ3v) is 4.11. The molecule has 1 aromatic rings. The molecule has 1 N–H and O–H groups in total. The van der Waals surface area contributed by atoms with Gasteiger partial charge >= 0.3 is 12.1 Å². The van der Waals surface area contributed by atoms with E-state index in [1.165, 1.54) is 12.0 Å². The van der Waals surface area contributed by atoms with Crippen LogP contribution in [-0.2, 0) is 25.6 Å². The van der Waals surface area contributed by atoms with E-state index in [1.54, 1.807) is 27.7 Å². The van der Waals surface area contributed by atoms with Gasteiger partial charge < -0.3 is 19.7 Å². The van der Waals surface area contributed by atoms with Crippen LogP contribution in [0.15, 0.2) is 30.3 Å². The molecular formula is C21H32N2O5. The predicted octanol–water partition coefficient (Wildman–Crippen LogP) is 3.27. The number of nitrogens with zero attached hydrogens (tertiary/aromatic N) is 1. The van der Waals surface area contributed by atoms with E-state index >= 15 is 0 Å². The van der Waals surface area contributed by atoms with Crippen molar-refractivity contribution in [2.75, 3.05) is 7.11 Å². The number of methoxy groups -OCH3 is 1. The molecule has 0 unspecified atom stereocenters. The van der Waals surface area contributed by atoms with Crippen LogP contribution in [0.5, 0.6) is 0 Å². The number of nitrogens with one attached hydrogen (secondary N) is 1. The number of carbonyl (C=O) groups excluding carboxylic acids is 3. The Morgan fingerprint density at radius 2 is 1.68 bits per heavy atom. The first-order chi connectivity index (χ1) is 13.1. The van der Waals surface area contributed by atoms with Gasteiger partial charge in [0, 0.05) is 6.54 Å². The molecule has 0 aliphatic rings. The largest absolute Gasteiger partial charge is 0.467 e. The SMILES string of the molecule is CC[C@H](NC(=O)OC(C)(C)C)C(=O)N(Cc1ccccc1)[C@H](CC)C(=O)OC. The van der Waals surface area contributed by atoms with Gasteiger partial charge in [0.25, 0.3) is 0 Å². The number of hydrogen-bond acceptors (Lipinski definition) is 5. The molecule has 0 heterocycles. The average molecular weight is 392 g/mol. The van der Waals surface area contributed by atoms with Crippen molar-refractivity contribution in [2.45, 2.75) is 71.7 Å². The third kappa shape index (κ3) is 7.21. The Hall–Kier alpha value is -2.57. The zero-order valence-electron chi connectivity index (χ0n) is 17.7. The second-order valence-electron chi connectivity index (χ2n) is 7.51. The number of benzene rings is 1. The summed E-state index contributed by atoms with van der Waals surface area (Å²) < 4.78 is 10.1. The van der Waals surface area contributed by atoms with Gasteiger partial charge in [0.05, 0.1) is 7.11 Å². The summed E-state index contributed by atoms with van der Waals surface area (Å²) in [6.45, 7) is 9.10. The van der Waals surface area contributed by atoms with Gasteiger partial charge in [-0.3, -0.25) is 4.79 Å². The lowest BCUT2D eigenvalue weighted by molar-refractivity contribution is -0.154. The fourth-order valence-corrected chi connectivity index (χ4v) is 2.76. The first kappa shape index (κ1) is 23.5. The van der Waals surface area contributed by atoms with Gasteiger partial charge in [-0.1, -0.05) is 44.2 Å². The quantitative estimate of drug-likeness (QED) is 0.687. The van der Waals surface area contributed by atoms with Gasteiger partial charge in [-0.25, -0.2) is 9.59 Å². The standard InChI is InChI=1S/C21H32N2O5/c1-7-16(22-20(26)28-21(3,4)5)18(24)23(17(8-2)19(25)27-6)14-15-12-10-9-11-13-15/h9-13,16-17H,7-8,14H2,1-6H3,(H,22,26)/t16-,17+/m0/s1. The number of ether oxygens (including phenoxy) is 2. The van der Waals surface area contributed by atoms with Crippen LogP contribution < -0.4 is 5.32 Å². The maximum absolute atomic E-state index is 13.2. The van der Waals surface area contributed by atoms with Crippen molar-refractivity contribution < 1.29 is 23.9 Å². The van der Waals surface area contributed by atoms with Crippen LogP contribution in [0.3, 0.4) is 0 Å². The number of esters is 1. The smallest absolute Gasteiger partial charge is 0.408 e. The molecule has 0 saturated heterocycles. The maximum Gasteiger partial charge on any atom is 0.408 e. The maximum atomic E-state index is 13.2. The van der Waals surface area contributed by atoms with Crippen molar-refractivity contribution in [3.63, 3.8) is 0 Å². The summed E-state index contributed by atoms with van der Waals surface area (Å²) in [6.07, 6.45) is 0.0909. The Kier molecular flexibility index (Phi) is 8.96. The summed E-state index contributed by atoms with van der Waals surface area (Å²) in [5.74, 6) is -0.839. The van der Waals surface area contributed by atoms with E-state index in [4.69, 9.17) is 9.47 Å². The lowest BCUT2D eigenvalue weighted by Crippen LogP contribution is -2.54. The summed E-state index contributed by atoms with van der Waals surface area (Å²) in [5, 5.41) is 2.62. The number of rotatable bonds is 8. The van der Waals surface area contributed by atoms with E-state index in [-0.39, 0.29) is 12.5 Å². The lowest BCUT2D eigenvalue weighted by atomic mass is 10.1. The van der Waals surface area contributed by atoms with Gasteiger partial charge in [0.2, 0.25) is 5.91 Å². The van der Waals surface area contributed by atoms with E-state index in [0.717, 1.165) is 5.56 Å². The van der Waals surface area contributed by atoms with Gasteiger partial charge in [0.15, 0.2) is 0 Å². The topological polar surface area (TPSA) is 84.9 Å². The molecule has 0 fully saturated rings. The molecule has 0 saturated carbocycles. The summed E-state index contributed by atoms with van der Waals surface area (Å²) in [4.78, 5) is 39.1. The monoisotopic (exact) mass is 392 g/mol. The minimum Gasteiger partial charge on any atom is -0.467 e. The molecule has 0 radical (unpaired) electrons. The summed E-state index contributed by atoms with van der Waals surface area (Å²) in [6, 6.07) is 7.83. The Morgan fingerprint density at radius 3 is 2.14 bits per heavy atom. The summed E-state index contributed by atoms with van der Waals surface area (Å²) in [5.41, 5.74) is 0.206. The number of hydrogen-bond donors (Lipinski definition) is 1. The average Bonchev–Trinajstić information content (AvgIpc) is 2.64. The van der Waals surface area contributed by atoms with Crippen molar-refractivity contribution in [1.82, 2.24) is 10.2 Å². The van der Waals surface area contributed by atoms with Crippen LogP contribution in [0.25, 0.3) is 0 Å². The second kappa shape index (κ2) is 10.7. The van der Waals surface area contributed by atoms with Gasteiger partial charge in [-0.05, 0) is 39.2 Å². The van der Waals surface area contributed by atoms with Crippen molar-refractivity contribution in [3.05, 3.63) is 35.9 Å². The molecule has 0 aliphatic carbocycles. The number of alkyl carbamates (subject to hydrolysis) is 1. The fourth-order valence-electron chi connectivity index (χ4n) is 2.76. The highest BCUT2D eigenvalue weighted by atomic mass is 16.6. The molecule has 2 amide bonds. The number of carbonyl (C=O) groups is 3. The molecule has 0 aromatic heterocycles. The van der Waals surface area contributed by atoms with Crippen LogP contribution in [-0.4, -0.2) is 47.7 Å². The van der Waals surface area contributed by atoms with E-state index in [1.807, 2.05) is 37.3 Å². The molecule has 156 valence electrons. The number of amides is 2. The van der Waals surface area contributed by atoms with Crippen LogP contribution in [0, 0.1) is 0 Å². The first-order valence-corrected chi connectivity index (χ1v) is 9.54. The predicted molar refractivity (Wildman–Crippen MR) is 107 cm³/mol. The molecule has 2 atom stereocenters. The molecule has 28 heavy (non-hydrogen) atoms. The third-order valence-electron chi connectivity index (χ3n) is 4.11. The second-order valence-corrected chi connectivity index (χ2v) is 7.51. The fraction of sp³-hybridized carbons (Fsp3) is 0.571. The van der Waals surface area contributed by atoms with Crippen molar-refractivity contribution in [3.8, 4) is 0 Å². The Balaban J connectivity index is 3.09. The molecule has 7 nitrogen and oxygen atoms in total. The molecule has 0 spiro atoms. The van der Waals surface area contributed by atoms with Crippen LogP contribution in [0.2, 0.25) is 0 Å². The minimum absolute atomic E-state index is 0.236. The zero-order valence-corrected chi connectivity index (χ0v) is 17.7. The van der Waals surface area contributed by atoms with Crippen LogP contribution in [0.4, 0.5) is 4.79 Å². The van der Waals surface area contributed by atoms with E-state index in [2.05, 4.69) is 5.32 Å². The minimum atomic E-state index is -0.808. The van der Waals surface area contributed by atoms with Gasteiger partial charge in [0.1, 0.15) is 17.7 Å². The van der Waals surface area contributed by atoms with Crippen LogP contribution >= 0.6 is 0 Å². The van der Waals surface area contributed by atoms with Crippen LogP contribution in [0.1, 0.15) is 53.0 Å². The van der Waals surface area contributed by atoms with E-state index in [9.17, 15) is 14.4 Å². The Morgan fingerprint density at radius 1 is 1.07 bits per heavy atom. The molecular weight excluding hydrogens is 360 g/mol. The lowest BCUT2D eigenvalue weighted by Gasteiger charge is -2.33. The Labute approximate surface area is 167 Å². The van der Waals surface area contributed by atoms with Crippen molar-refractivity contribution >= 4 is 18.0 Å². The molecule has 7 heteroatoms. The summed E-state index contributed by atoms with van der Waals surface area (Å²) >= 11 is 0. The van der Waals surface area contributed by atoms with Gasteiger partial charge in [-0.2, -0.15) is 0 Å². The van der Waals surface area contributed by atoms with E-state index < -0.39 is 29.7 Å². The first-order valence-electron chi connectivity index (χ1n) is 9.54. The highest BCUT2D eigenvalue weighted by Crippen LogP contribution is 2.16. The molecule has 0 bridgehead atoms. The molecule has 0 aliphatic heterocycles. The molecule has 1 aromatic carbocycles. The highest BCUT2D eigenvalue weighted by Gasteiger charge is 2.34. The van der Waals surface area contributed by atoms with Gasteiger partial charge in [-0.15, -0.1) is 0 Å². The zero-order chi connectivity index (χ0) is 21.3. The Bertz CT molecular complexity index is 655. The molecule has 1 rings (SSSR count). The highest BCUT2D eigenvalue weighted by molar-refractivity contribution is 5.89. The van der Waals surface area contributed by atoms with Crippen molar-refractivity contribution in [2.24, 2.45) is 0 Å².